The number of aromatic nitrogens is 2. The number of carboxylic acids is 1. The van der Waals surface area contributed by atoms with Crippen LogP contribution in [0.5, 0.6) is 5.75 Å². The standard InChI is InChI=1S/C14H17N3O3/c1-3-17-11(6-9(2)16-17)8-20-13-7-10(15)4-5-12(13)14(18)19/h4-7H,3,8,15H2,1-2H3,(H,18,19). The summed E-state index contributed by atoms with van der Waals surface area (Å²) in [6.07, 6.45) is 0. The summed E-state index contributed by atoms with van der Waals surface area (Å²) in [6.45, 7) is 4.87. The van der Waals surface area contributed by atoms with Crippen molar-refractivity contribution in [2.75, 3.05) is 5.73 Å². The smallest absolute Gasteiger partial charge is 0.339 e. The van der Waals surface area contributed by atoms with E-state index in [1.54, 1.807) is 0 Å². The first kappa shape index (κ1) is 13.9. The molecule has 0 amide bonds. The number of ether oxygens (including phenoxy) is 1. The average molecular weight is 275 g/mol. The normalized spacial score (nSPS) is 10.5. The van der Waals surface area contributed by atoms with Gasteiger partial charge in [0.15, 0.2) is 0 Å². The molecule has 0 saturated carbocycles. The van der Waals surface area contributed by atoms with Crippen molar-refractivity contribution in [1.29, 1.82) is 0 Å². The molecule has 0 radical (unpaired) electrons. The lowest BCUT2D eigenvalue weighted by Crippen LogP contribution is -2.08. The van der Waals surface area contributed by atoms with Crippen LogP contribution >= 0.6 is 0 Å². The highest BCUT2D eigenvalue weighted by molar-refractivity contribution is 5.91. The highest BCUT2D eigenvalue weighted by Gasteiger charge is 2.13. The Morgan fingerprint density at radius 3 is 2.85 bits per heavy atom. The molecular weight excluding hydrogens is 258 g/mol. The molecule has 1 aromatic carbocycles. The van der Waals surface area contributed by atoms with E-state index in [0.717, 1.165) is 17.9 Å². The van der Waals surface area contributed by atoms with Gasteiger partial charge in [0.05, 0.1) is 11.4 Å². The van der Waals surface area contributed by atoms with Crippen molar-refractivity contribution in [2.45, 2.75) is 27.0 Å². The number of carboxylic acid groups (broad SMARTS) is 1. The minimum atomic E-state index is -1.04. The molecule has 0 atom stereocenters. The SMILES string of the molecule is CCn1nc(C)cc1COc1cc(N)ccc1C(=O)O. The lowest BCUT2D eigenvalue weighted by Gasteiger charge is -2.10. The first-order valence-corrected chi connectivity index (χ1v) is 6.30. The molecule has 0 aliphatic rings. The second-order valence-electron chi connectivity index (χ2n) is 4.44. The van der Waals surface area contributed by atoms with Gasteiger partial charge in [0.25, 0.3) is 0 Å². The van der Waals surface area contributed by atoms with E-state index < -0.39 is 5.97 Å². The van der Waals surface area contributed by atoms with Crippen LogP contribution in [0.1, 0.15) is 28.7 Å². The maximum atomic E-state index is 11.1. The van der Waals surface area contributed by atoms with Crippen LogP contribution in [-0.4, -0.2) is 20.9 Å². The molecule has 0 fully saturated rings. The zero-order chi connectivity index (χ0) is 14.7. The Kier molecular flexibility index (Phi) is 3.93. The van der Waals surface area contributed by atoms with Crippen molar-refractivity contribution in [2.24, 2.45) is 0 Å². The fourth-order valence-corrected chi connectivity index (χ4v) is 1.98. The molecule has 6 nitrogen and oxygen atoms in total. The van der Waals surface area contributed by atoms with Crippen LogP contribution in [0.3, 0.4) is 0 Å². The Bertz CT molecular complexity index is 635. The number of aryl methyl sites for hydroxylation is 2. The third-order valence-electron chi connectivity index (χ3n) is 2.90. The number of benzene rings is 1. The van der Waals surface area contributed by atoms with Crippen molar-refractivity contribution in [3.8, 4) is 5.75 Å². The molecule has 3 N–H and O–H groups in total. The van der Waals surface area contributed by atoms with Crippen LogP contribution < -0.4 is 10.5 Å². The third-order valence-corrected chi connectivity index (χ3v) is 2.90. The van der Waals surface area contributed by atoms with E-state index in [9.17, 15) is 4.79 Å². The van der Waals surface area contributed by atoms with Gasteiger partial charge in [-0.25, -0.2) is 4.79 Å². The lowest BCUT2D eigenvalue weighted by atomic mass is 10.2. The number of rotatable bonds is 5. The summed E-state index contributed by atoms with van der Waals surface area (Å²) in [7, 11) is 0. The molecule has 0 aliphatic carbocycles. The molecule has 0 aliphatic heterocycles. The zero-order valence-electron chi connectivity index (χ0n) is 11.5. The second-order valence-corrected chi connectivity index (χ2v) is 4.44. The van der Waals surface area contributed by atoms with Crippen LogP contribution in [0.2, 0.25) is 0 Å². The molecule has 20 heavy (non-hydrogen) atoms. The molecular formula is C14H17N3O3. The topological polar surface area (TPSA) is 90.4 Å². The number of nitrogens with two attached hydrogens (primary N) is 1. The predicted octanol–water partition coefficient (Wildman–Crippen LogP) is 2.07. The fraction of sp³-hybridized carbons (Fsp3) is 0.286. The first-order valence-electron chi connectivity index (χ1n) is 6.30. The van der Waals surface area contributed by atoms with Crippen molar-refractivity contribution < 1.29 is 14.6 Å². The predicted molar refractivity (Wildman–Crippen MR) is 74.8 cm³/mol. The fourth-order valence-electron chi connectivity index (χ4n) is 1.98. The Balaban J connectivity index is 2.22. The molecule has 2 aromatic rings. The Morgan fingerprint density at radius 2 is 2.20 bits per heavy atom. The molecule has 0 unspecified atom stereocenters. The van der Waals surface area contributed by atoms with Gasteiger partial charge in [-0.1, -0.05) is 0 Å². The van der Waals surface area contributed by atoms with Gasteiger partial charge >= 0.3 is 5.97 Å². The Labute approximate surface area is 116 Å². The van der Waals surface area contributed by atoms with E-state index in [2.05, 4.69) is 5.10 Å². The third kappa shape index (κ3) is 2.90. The average Bonchev–Trinajstić information content (AvgIpc) is 2.76. The number of aromatic carboxylic acids is 1. The van der Waals surface area contributed by atoms with Crippen LogP contribution in [0.25, 0.3) is 0 Å². The summed E-state index contributed by atoms with van der Waals surface area (Å²) < 4.78 is 7.42. The van der Waals surface area contributed by atoms with Gasteiger partial charge in [0.2, 0.25) is 0 Å². The molecule has 1 heterocycles. The molecule has 106 valence electrons. The van der Waals surface area contributed by atoms with E-state index >= 15 is 0 Å². The molecule has 0 saturated heterocycles. The number of nitrogen functional groups attached to an aromatic ring is 1. The Morgan fingerprint density at radius 1 is 1.45 bits per heavy atom. The van der Waals surface area contributed by atoms with Gasteiger partial charge in [-0.15, -0.1) is 0 Å². The largest absolute Gasteiger partial charge is 0.486 e. The van der Waals surface area contributed by atoms with E-state index in [-0.39, 0.29) is 17.9 Å². The van der Waals surface area contributed by atoms with E-state index in [4.69, 9.17) is 15.6 Å². The summed E-state index contributed by atoms with van der Waals surface area (Å²) in [6, 6.07) is 6.41. The molecule has 1 aromatic heterocycles. The zero-order valence-corrected chi connectivity index (χ0v) is 11.5. The molecule has 6 heteroatoms. The summed E-state index contributed by atoms with van der Waals surface area (Å²) in [5.41, 5.74) is 8.02. The number of hydrogen-bond donors (Lipinski definition) is 2. The quantitative estimate of drug-likeness (QED) is 0.815. The maximum absolute atomic E-state index is 11.1. The number of nitrogens with zero attached hydrogens (tertiary/aromatic N) is 2. The van der Waals surface area contributed by atoms with Crippen LogP contribution in [0, 0.1) is 6.92 Å². The van der Waals surface area contributed by atoms with Crippen molar-refractivity contribution >= 4 is 11.7 Å². The van der Waals surface area contributed by atoms with Gasteiger partial charge in [0.1, 0.15) is 17.9 Å². The van der Waals surface area contributed by atoms with Crippen molar-refractivity contribution in [1.82, 2.24) is 9.78 Å². The number of anilines is 1. The van der Waals surface area contributed by atoms with Crippen LogP contribution in [0.15, 0.2) is 24.3 Å². The second kappa shape index (κ2) is 5.64. The van der Waals surface area contributed by atoms with Crippen molar-refractivity contribution in [3.63, 3.8) is 0 Å². The minimum absolute atomic E-state index is 0.0958. The van der Waals surface area contributed by atoms with E-state index in [1.807, 2.05) is 24.6 Å². The van der Waals surface area contributed by atoms with Crippen LogP contribution in [0.4, 0.5) is 5.69 Å². The highest BCUT2D eigenvalue weighted by atomic mass is 16.5. The first-order chi connectivity index (χ1) is 9.51. The molecule has 0 bridgehead atoms. The summed E-state index contributed by atoms with van der Waals surface area (Å²) >= 11 is 0. The monoisotopic (exact) mass is 275 g/mol. The highest BCUT2D eigenvalue weighted by Crippen LogP contribution is 2.23. The Hall–Kier alpha value is -2.50. The van der Waals surface area contributed by atoms with Gasteiger partial charge < -0.3 is 15.6 Å². The number of hydrogen-bond acceptors (Lipinski definition) is 4. The van der Waals surface area contributed by atoms with Gasteiger partial charge in [-0.3, -0.25) is 4.68 Å². The van der Waals surface area contributed by atoms with Gasteiger partial charge in [0, 0.05) is 18.3 Å². The van der Waals surface area contributed by atoms with Gasteiger partial charge in [-0.2, -0.15) is 5.10 Å². The molecule has 0 spiro atoms. The summed E-state index contributed by atoms with van der Waals surface area (Å²) in [4.78, 5) is 11.1. The van der Waals surface area contributed by atoms with Crippen molar-refractivity contribution in [3.05, 3.63) is 41.2 Å². The minimum Gasteiger partial charge on any atom is -0.486 e. The van der Waals surface area contributed by atoms with E-state index in [1.165, 1.54) is 18.2 Å². The lowest BCUT2D eigenvalue weighted by molar-refractivity contribution is 0.0691. The maximum Gasteiger partial charge on any atom is 0.339 e. The van der Waals surface area contributed by atoms with Crippen LogP contribution in [-0.2, 0) is 13.2 Å². The number of carbonyl (C=O) groups is 1. The van der Waals surface area contributed by atoms with Gasteiger partial charge in [-0.05, 0) is 32.0 Å². The van der Waals surface area contributed by atoms with E-state index in [0.29, 0.717) is 5.69 Å². The summed E-state index contributed by atoms with van der Waals surface area (Å²) in [5, 5.41) is 13.4. The molecule has 2 rings (SSSR count). The summed E-state index contributed by atoms with van der Waals surface area (Å²) in [5.74, 6) is -0.779.